The van der Waals surface area contributed by atoms with E-state index in [9.17, 15) is 13.2 Å². The second-order valence-corrected chi connectivity index (χ2v) is 5.99. The largest absolute Gasteiger partial charge is 0.355 e. The first-order chi connectivity index (χ1) is 8.59. The third-order valence-corrected chi connectivity index (χ3v) is 4.37. The predicted molar refractivity (Wildman–Crippen MR) is 67.4 cm³/mol. The molecule has 2 N–H and O–H groups in total. The first-order valence-corrected chi connectivity index (χ1v) is 7.43. The van der Waals surface area contributed by atoms with Crippen molar-refractivity contribution in [2.24, 2.45) is 0 Å². The average molecular weight is 268 g/mol. The SMILES string of the molecule is O=C1NCCCC[C@H]1NS(=O)(=O)c1ccccc1. The number of carbonyl (C=O) groups is 1. The van der Waals surface area contributed by atoms with Gasteiger partial charge in [-0.05, 0) is 31.4 Å². The Kier molecular flexibility index (Phi) is 3.98. The fraction of sp³-hybridized carbons (Fsp3) is 0.417. The molecule has 5 nitrogen and oxygen atoms in total. The van der Waals surface area contributed by atoms with E-state index in [2.05, 4.69) is 10.0 Å². The Morgan fingerprint density at radius 2 is 1.89 bits per heavy atom. The van der Waals surface area contributed by atoms with E-state index in [1.54, 1.807) is 18.2 Å². The molecule has 1 heterocycles. The van der Waals surface area contributed by atoms with Gasteiger partial charge in [0.15, 0.2) is 0 Å². The zero-order valence-electron chi connectivity index (χ0n) is 9.93. The maximum Gasteiger partial charge on any atom is 0.241 e. The monoisotopic (exact) mass is 268 g/mol. The van der Waals surface area contributed by atoms with Crippen molar-refractivity contribution in [3.8, 4) is 0 Å². The third kappa shape index (κ3) is 3.08. The highest BCUT2D eigenvalue weighted by Crippen LogP contribution is 2.12. The first-order valence-electron chi connectivity index (χ1n) is 5.95. The smallest absolute Gasteiger partial charge is 0.241 e. The molecule has 1 fully saturated rings. The highest BCUT2D eigenvalue weighted by molar-refractivity contribution is 7.89. The lowest BCUT2D eigenvalue weighted by molar-refractivity contribution is -0.122. The summed E-state index contributed by atoms with van der Waals surface area (Å²) in [5.74, 6) is -0.244. The quantitative estimate of drug-likeness (QED) is 0.844. The van der Waals surface area contributed by atoms with Crippen LogP contribution in [0.5, 0.6) is 0 Å². The highest BCUT2D eigenvalue weighted by Gasteiger charge is 2.26. The summed E-state index contributed by atoms with van der Waals surface area (Å²) in [6.07, 6.45) is 2.26. The Balaban J connectivity index is 2.15. The van der Waals surface area contributed by atoms with Crippen molar-refractivity contribution in [1.82, 2.24) is 10.0 Å². The van der Waals surface area contributed by atoms with Crippen LogP contribution in [0, 0.1) is 0 Å². The zero-order chi connectivity index (χ0) is 13.0. The molecule has 1 atom stereocenters. The van der Waals surface area contributed by atoms with Crippen molar-refractivity contribution in [3.63, 3.8) is 0 Å². The van der Waals surface area contributed by atoms with Crippen LogP contribution < -0.4 is 10.0 Å². The molecule has 0 radical (unpaired) electrons. The van der Waals surface area contributed by atoms with Crippen molar-refractivity contribution in [3.05, 3.63) is 30.3 Å². The molecule has 98 valence electrons. The molecule has 0 spiro atoms. The zero-order valence-corrected chi connectivity index (χ0v) is 10.7. The molecular weight excluding hydrogens is 252 g/mol. The predicted octanol–water partition coefficient (Wildman–Crippen LogP) is 0.634. The van der Waals surface area contributed by atoms with Gasteiger partial charge in [0, 0.05) is 6.54 Å². The van der Waals surface area contributed by atoms with E-state index in [1.807, 2.05) is 0 Å². The molecule has 1 aromatic rings. The van der Waals surface area contributed by atoms with E-state index < -0.39 is 16.1 Å². The summed E-state index contributed by atoms with van der Waals surface area (Å²) in [4.78, 5) is 11.9. The van der Waals surface area contributed by atoms with Gasteiger partial charge >= 0.3 is 0 Å². The molecule has 1 saturated heterocycles. The van der Waals surface area contributed by atoms with Crippen molar-refractivity contribution in [2.45, 2.75) is 30.2 Å². The maximum atomic E-state index is 12.1. The molecular formula is C12H16N2O3S. The van der Waals surface area contributed by atoms with Crippen LogP contribution >= 0.6 is 0 Å². The minimum atomic E-state index is -3.62. The van der Waals surface area contributed by atoms with Crippen molar-refractivity contribution >= 4 is 15.9 Å². The van der Waals surface area contributed by atoms with Crippen molar-refractivity contribution in [2.75, 3.05) is 6.54 Å². The van der Waals surface area contributed by atoms with E-state index >= 15 is 0 Å². The second kappa shape index (κ2) is 5.49. The Bertz CT molecular complexity index is 513. The second-order valence-electron chi connectivity index (χ2n) is 4.27. The molecule has 1 aliphatic rings. The molecule has 6 heteroatoms. The Hall–Kier alpha value is -1.40. The van der Waals surface area contributed by atoms with Gasteiger partial charge in [-0.1, -0.05) is 18.2 Å². The number of nitrogens with one attached hydrogen (secondary N) is 2. The van der Waals surface area contributed by atoms with Gasteiger partial charge in [0.1, 0.15) is 6.04 Å². The van der Waals surface area contributed by atoms with Gasteiger partial charge in [-0.15, -0.1) is 0 Å². The normalized spacial score (nSPS) is 21.1. The summed E-state index contributed by atoms with van der Waals surface area (Å²) >= 11 is 0. The van der Waals surface area contributed by atoms with Crippen LogP contribution in [0.3, 0.4) is 0 Å². The number of amides is 1. The van der Waals surface area contributed by atoms with Crippen LogP contribution in [0.1, 0.15) is 19.3 Å². The number of sulfonamides is 1. The van der Waals surface area contributed by atoms with Crippen molar-refractivity contribution < 1.29 is 13.2 Å². The minimum Gasteiger partial charge on any atom is -0.355 e. The number of rotatable bonds is 3. The molecule has 0 saturated carbocycles. The van der Waals surface area contributed by atoms with E-state index in [4.69, 9.17) is 0 Å². The Labute approximate surface area is 107 Å². The van der Waals surface area contributed by atoms with Crippen LogP contribution in [-0.4, -0.2) is 26.9 Å². The number of hydrogen-bond donors (Lipinski definition) is 2. The van der Waals surface area contributed by atoms with E-state index in [0.717, 1.165) is 12.8 Å². The van der Waals surface area contributed by atoms with Crippen molar-refractivity contribution in [1.29, 1.82) is 0 Å². The molecule has 1 amide bonds. The summed E-state index contributed by atoms with van der Waals surface area (Å²) in [6, 6.07) is 7.41. The summed E-state index contributed by atoms with van der Waals surface area (Å²) < 4.78 is 26.6. The van der Waals surface area contributed by atoms with E-state index in [1.165, 1.54) is 12.1 Å². The summed E-state index contributed by atoms with van der Waals surface area (Å²) in [5, 5.41) is 2.70. The number of hydrogen-bond acceptors (Lipinski definition) is 3. The molecule has 18 heavy (non-hydrogen) atoms. The maximum absolute atomic E-state index is 12.1. The molecule has 0 aromatic heterocycles. The van der Waals surface area contributed by atoms with Gasteiger partial charge in [0.2, 0.25) is 15.9 Å². The first kappa shape index (κ1) is 13.0. The Morgan fingerprint density at radius 3 is 2.61 bits per heavy atom. The van der Waals surface area contributed by atoms with Crippen LogP contribution in [0.2, 0.25) is 0 Å². The van der Waals surface area contributed by atoms with E-state index in [0.29, 0.717) is 13.0 Å². The van der Waals surface area contributed by atoms with Gasteiger partial charge in [-0.2, -0.15) is 4.72 Å². The van der Waals surface area contributed by atoms with Gasteiger partial charge in [-0.25, -0.2) is 8.42 Å². The summed E-state index contributed by atoms with van der Waals surface area (Å²) in [5.41, 5.74) is 0. The average Bonchev–Trinajstić information content (AvgIpc) is 2.56. The molecule has 0 bridgehead atoms. The van der Waals surface area contributed by atoms with Crippen LogP contribution in [0.25, 0.3) is 0 Å². The molecule has 0 aliphatic carbocycles. The van der Waals surface area contributed by atoms with Gasteiger partial charge in [-0.3, -0.25) is 4.79 Å². The van der Waals surface area contributed by atoms with Gasteiger partial charge in [0.25, 0.3) is 0 Å². The number of carbonyl (C=O) groups excluding carboxylic acids is 1. The lowest BCUT2D eigenvalue weighted by atomic mass is 10.1. The molecule has 1 aliphatic heterocycles. The minimum absolute atomic E-state index is 0.182. The van der Waals surface area contributed by atoms with Gasteiger partial charge < -0.3 is 5.32 Å². The third-order valence-electron chi connectivity index (χ3n) is 2.89. The lowest BCUT2D eigenvalue weighted by Gasteiger charge is -2.15. The summed E-state index contributed by atoms with van der Waals surface area (Å²) in [6.45, 7) is 0.613. The highest BCUT2D eigenvalue weighted by atomic mass is 32.2. The molecule has 1 aromatic carbocycles. The standard InChI is InChI=1S/C12H16N2O3S/c15-12-11(8-4-5-9-13-12)14-18(16,17)10-6-2-1-3-7-10/h1-3,6-7,11,14H,4-5,8-9H2,(H,13,15)/t11-/m1/s1. The van der Waals surface area contributed by atoms with Crippen LogP contribution in [0.15, 0.2) is 35.2 Å². The van der Waals surface area contributed by atoms with E-state index in [-0.39, 0.29) is 10.8 Å². The molecule has 2 rings (SSSR count). The lowest BCUT2D eigenvalue weighted by Crippen LogP contribution is -2.45. The van der Waals surface area contributed by atoms with Crippen LogP contribution in [0.4, 0.5) is 0 Å². The van der Waals surface area contributed by atoms with Crippen LogP contribution in [-0.2, 0) is 14.8 Å². The fourth-order valence-corrected chi connectivity index (χ4v) is 3.16. The van der Waals surface area contributed by atoms with Gasteiger partial charge in [0.05, 0.1) is 4.90 Å². The Morgan fingerprint density at radius 1 is 1.17 bits per heavy atom. The number of benzene rings is 1. The summed E-state index contributed by atoms with van der Waals surface area (Å²) in [7, 11) is -3.62. The fourth-order valence-electron chi connectivity index (χ4n) is 1.91. The molecule has 0 unspecified atom stereocenters. The topological polar surface area (TPSA) is 75.3 Å².